The summed E-state index contributed by atoms with van der Waals surface area (Å²) in [5.74, 6) is 0.0208. The number of aryl methyl sites for hydroxylation is 2. The van der Waals surface area contributed by atoms with Crippen LogP contribution in [0.1, 0.15) is 37.8 Å². The Morgan fingerprint density at radius 3 is 2.43 bits per heavy atom. The van der Waals surface area contributed by atoms with E-state index in [9.17, 15) is 9.59 Å². The Balaban J connectivity index is 2.06. The van der Waals surface area contributed by atoms with Crippen LogP contribution in [-0.2, 0) is 16.1 Å². The molecule has 0 atom stereocenters. The van der Waals surface area contributed by atoms with Crippen molar-refractivity contribution in [2.75, 3.05) is 14.2 Å². The van der Waals surface area contributed by atoms with E-state index in [1.807, 2.05) is 6.92 Å². The SMILES string of the molecule is COC(=O)c1oc(COC(=O)c2ccc(C)c(OC)c2)cc1C. The number of carbonyl (C=O) groups is 2. The minimum Gasteiger partial charge on any atom is -0.496 e. The molecule has 0 aliphatic rings. The first-order valence-corrected chi connectivity index (χ1v) is 6.95. The maximum Gasteiger partial charge on any atom is 0.374 e. The van der Waals surface area contributed by atoms with Gasteiger partial charge in [0.2, 0.25) is 5.76 Å². The van der Waals surface area contributed by atoms with Gasteiger partial charge in [-0.05, 0) is 37.6 Å². The van der Waals surface area contributed by atoms with Crippen molar-refractivity contribution in [1.82, 2.24) is 0 Å². The molecule has 0 saturated carbocycles. The molecule has 23 heavy (non-hydrogen) atoms. The second-order valence-electron chi connectivity index (χ2n) is 4.98. The molecule has 2 aromatic rings. The van der Waals surface area contributed by atoms with Gasteiger partial charge >= 0.3 is 11.9 Å². The Morgan fingerprint density at radius 2 is 1.78 bits per heavy atom. The number of benzene rings is 1. The minimum absolute atomic E-state index is 0.0765. The summed E-state index contributed by atoms with van der Waals surface area (Å²) in [4.78, 5) is 23.5. The Bertz CT molecular complexity index is 729. The third-order valence-corrected chi connectivity index (χ3v) is 3.33. The molecule has 0 unspecified atom stereocenters. The van der Waals surface area contributed by atoms with Crippen molar-refractivity contribution < 1.29 is 28.2 Å². The fraction of sp³-hybridized carbons (Fsp3) is 0.294. The highest BCUT2D eigenvalue weighted by molar-refractivity contribution is 5.90. The molecule has 1 heterocycles. The lowest BCUT2D eigenvalue weighted by Gasteiger charge is -2.07. The van der Waals surface area contributed by atoms with Crippen LogP contribution < -0.4 is 4.74 Å². The molecule has 0 N–H and O–H groups in total. The van der Waals surface area contributed by atoms with Gasteiger partial charge in [-0.3, -0.25) is 0 Å². The largest absolute Gasteiger partial charge is 0.496 e. The Kier molecular flexibility index (Phi) is 5.05. The van der Waals surface area contributed by atoms with Crippen LogP contribution >= 0.6 is 0 Å². The van der Waals surface area contributed by atoms with Crippen molar-refractivity contribution in [3.05, 3.63) is 52.5 Å². The van der Waals surface area contributed by atoms with E-state index in [0.717, 1.165) is 5.56 Å². The van der Waals surface area contributed by atoms with Gasteiger partial charge in [0.25, 0.3) is 0 Å². The summed E-state index contributed by atoms with van der Waals surface area (Å²) >= 11 is 0. The summed E-state index contributed by atoms with van der Waals surface area (Å²) < 4.78 is 20.3. The van der Waals surface area contributed by atoms with Crippen molar-refractivity contribution in [3.8, 4) is 5.75 Å². The highest BCUT2D eigenvalue weighted by Crippen LogP contribution is 2.21. The predicted molar refractivity (Wildman–Crippen MR) is 81.6 cm³/mol. The standard InChI is InChI=1S/C17H18O6/c1-10-5-6-12(8-14(10)20-3)16(18)22-9-13-7-11(2)15(23-13)17(19)21-4/h5-8H,9H2,1-4H3. The van der Waals surface area contributed by atoms with Crippen LogP contribution in [0.15, 0.2) is 28.7 Å². The van der Waals surface area contributed by atoms with Gasteiger partial charge in [0.15, 0.2) is 0 Å². The average Bonchev–Trinajstić information content (AvgIpc) is 2.93. The number of methoxy groups -OCH3 is 2. The van der Waals surface area contributed by atoms with Crippen molar-refractivity contribution in [2.24, 2.45) is 0 Å². The number of hydrogen-bond acceptors (Lipinski definition) is 6. The number of esters is 2. The number of furan rings is 1. The quantitative estimate of drug-likeness (QED) is 0.789. The van der Waals surface area contributed by atoms with Crippen molar-refractivity contribution in [1.29, 1.82) is 0 Å². The second kappa shape index (κ2) is 7.00. The minimum atomic E-state index is -0.566. The predicted octanol–water partition coefficient (Wildman–Crippen LogP) is 3.05. The van der Waals surface area contributed by atoms with E-state index in [1.165, 1.54) is 14.2 Å². The summed E-state index contributed by atoms with van der Waals surface area (Å²) in [5.41, 5.74) is 1.93. The van der Waals surface area contributed by atoms with E-state index >= 15 is 0 Å². The third-order valence-electron chi connectivity index (χ3n) is 3.33. The lowest BCUT2D eigenvalue weighted by Crippen LogP contribution is -2.05. The lowest BCUT2D eigenvalue weighted by atomic mass is 10.1. The lowest BCUT2D eigenvalue weighted by molar-refractivity contribution is 0.0438. The van der Waals surface area contributed by atoms with Crippen LogP contribution in [0.25, 0.3) is 0 Å². The second-order valence-corrected chi connectivity index (χ2v) is 4.98. The number of hydrogen-bond donors (Lipinski definition) is 0. The Labute approximate surface area is 134 Å². The van der Waals surface area contributed by atoms with E-state index in [0.29, 0.717) is 22.6 Å². The molecule has 0 amide bonds. The molecular formula is C17H18O6. The molecule has 0 radical (unpaired) electrons. The average molecular weight is 318 g/mol. The molecule has 6 heteroatoms. The summed E-state index contributed by atoms with van der Waals surface area (Å²) in [5, 5.41) is 0. The number of carbonyl (C=O) groups excluding carboxylic acids is 2. The van der Waals surface area contributed by atoms with Gasteiger partial charge < -0.3 is 18.6 Å². The summed E-state index contributed by atoms with van der Waals surface area (Å²) in [6.07, 6.45) is 0. The van der Waals surface area contributed by atoms with Crippen LogP contribution in [0.4, 0.5) is 0 Å². The normalized spacial score (nSPS) is 10.3. The van der Waals surface area contributed by atoms with Crippen LogP contribution in [0.3, 0.4) is 0 Å². The maximum absolute atomic E-state index is 12.1. The molecule has 0 saturated heterocycles. The first-order chi connectivity index (χ1) is 11.0. The highest BCUT2D eigenvalue weighted by atomic mass is 16.6. The smallest absolute Gasteiger partial charge is 0.374 e. The van der Waals surface area contributed by atoms with Crippen molar-refractivity contribution in [2.45, 2.75) is 20.5 Å². The monoisotopic (exact) mass is 318 g/mol. The molecule has 6 nitrogen and oxygen atoms in total. The van der Waals surface area contributed by atoms with Crippen LogP contribution in [-0.4, -0.2) is 26.2 Å². The topological polar surface area (TPSA) is 75.0 Å². The molecule has 0 fully saturated rings. The van der Waals surface area contributed by atoms with Crippen LogP contribution in [0.5, 0.6) is 5.75 Å². The molecule has 1 aromatic carbocycles. The van der Waals surface area contributed by atoms with E-state index in [4.69, 9.17) is 13.9 Å². The Morgan fingerprint density at radius 1 is 1.04 bits per heavy atom. The van der Waals surface area contributed by atoms with E-state index in [2.05, 4.69) is 4.74 Å². The maximum atomic E-state index is 12.1. The zero-order chi connectivity index (χ0) is 17.0. The van der Waals surface area contributed by atoms with Crippen molar-refractivity contribution in [3.63, 3.8) is 0 Å². The first-order valence-electron chi connectivity index (χ1n) is 6.95. The molecular weight excluding hydrogens is 300 g/mol. The summed E-state index contributed by atoms with van der Waals surface area (Å²) in [7, 11) is 2.81. The third kappa shape index (κ3) is 3.71. The van der Waals surface area contributed by atoms with Gasteiger partial charge in [0, 0.05) is 5.56 Å². The molecule has 2 rings (SSSR count). The molecule has 0 bridgehead atoms. The van der Waals surface area contributed by atoms with Gasteiger partial charge in [0.05, 0.1) is 19.8 Å². The zero-order valence-corrected chi connectivity index (χ0v) is 13.5. The number of rotatable bonds is 5. The van der Waals surface area contributed by atoms with E-state index in [1.54, 1.807) is 31.2 Å². The van der Waals surface area contributed by atoms with Gasteiger partial charge in [-0.2, -0.15) is 0 Å². The first kappa shape index (κ1) is 16.6. The van der Waals surface area contributed by atoms with Gasteiger partial charge in [-0.25, -0.2) is 9.59 Å². The fourth-order valence-electron chi connectivity index (χ4n) is 2.08. The fourth-order valence-corrected chi connectivity index (χ4v) is 2.08. The van der Waals surface area contributed by atoms with Gasteiger partial charge in [-0.1, -0.05) is 6.07 Å². The number of ether oxygens (including phenoxy) is 3. The van der Waals surface area contributed by atoms with Gasteiger partial charge in [0.1, 0.15) is 18.1 Å². The molecule has 0 aliphatic heterocycles. The zero-order valence-electron chi connectivity index (χ0n) is 13.5. The molecule has 1 aromatic heterocycles. The van der Waals surface area contributed by atoms with E-state index < -0.39 is 11.9 Å². The van der Waals surface area contributed by atoms with Crippen molar-refractivity contribution >= 4 is 11.9 Å². The highest BCUT2D eigenvalue weighted by Gasteiger charge is 2.17. The van der Waals surface area contributed by atoms with Crippen LogP contribution in [0, 0.1) is 13.8 Å². The molecule has 0 aliphatic carbocycles. The molecule has 122 valence electrons. The Hall–Kier alpha value is -2.76. The summed E-state index contributed by atoms with van der Waals surface area (Å²) in [6.45, 7) is 3.52. The van der Waals surface area contributed by atoms with Crippen LogP contribution in [0.2, 0.25) is 0 Å². The van der Waals surface area contributed by atoms with E-state index in [-0.39, 0.29) is 12.4 Å². The van der Waals surface area contributed by atoms with Gasteiger partial charge in [-0.15, -0.1) is 0 Å². The molecule has 0 spiro atoms. The summed E-state index contributed by atoms with van der Waals surface area (Å²) in [6, 6.07) is 6.69.